The number of rotatable bonds is 6. The Bertz CT molecular complexity index is 1130. The van der Waals surface area contributed by atoms with Crippen LogP contribution in [-0.2, 0) is 0 Å². The normalized spacial score (nSPS) is 18.3. The number of pyridine rings is 2. The van der Waals surface area contributed by atoms with Crippen LogP contribution in [0.15, 0.2) is 41.2 Å². The van der Waals surface area contributed by atoms with Gasteiger partial charge in [0.05, 0.1) is 23.6 Å². The van der Waals surface area contributed by atoms with Gasteiger partial charge in [-0.15, -0.1) is 0 Å². The maximum atomic E-state index is 12.7. The van der Waals surface area contributed by atoms with Gasteiger partial charge in [0.1, 0.15) is 11.6 Å². The Morgan fingerprint density at radius 3 is 2.81 bits per heavy atom. The Labute approximate surface area is 185 Å². The summed E-state index contributed by atoms with van der Waals surface area (Å²) in [5.41, 5.74) is 3.83. The standard InChI is InChI=1S/C22H26N8O2/c1-13-6-16(4-5-24-13)26-19-10-25-21(8-15(19)9-23)28-22(31)27-20-12-30(3)11-17(20)18-7-14(2)32-29-18/h4-10,17,20,23H,11-12H2,1-3H3,(H,24,26)(H2,25,27,28,31)/t17-,20+/m1/s1. The number of likely N-dealkylation sites (tertiary alicyclic amines) is 1. The van der Waals surface area contributed by atoms with Crippen LogP contribution in [0.3, 0.4) is 0 Å². The third-order valence-electron chi connectivity index (χ3n) is 5.35. The Morgan fingerprint density at radius 2 is 2.09 bits per heavy atom. The number of likely N-dealkylation sites (N-methyl/N-ethyl adjacent to an activating group) is 1. The van der Waals surface area contributed by atoms with E-state index in [2.05, 4.69) is 36.0 Å². The molecule has 1 aliphatic rings. The van der Waals surface area contributed by atoms with Crippen molar-refractivity contribution in [2.24, 2.45) is 0 Å². The van der Waals surface area contributed by atoms with Gasteiger partial charge in [-0.25, -0.2) is 9.78 Å². The minimum absolute atomic E-state index is 0.0451. The summed E-state index contributed by atoms with van der Waals surface area (Å²) in [6.45, 7) is 5.24. The van der Waals surface area contributed by atoms with Crippen LogP contribution in [0.1, 0.15) is 28.6 Å². The van der Waals surface area contributed by atoms with Crippen molar-refractivity contribution in [3.8, 4) is 0 Å². The van der Waals surface area contributed by atoms with Gasteiger partial charge >= 0.3 is 6.03 Å². The molecule has 166 valence electrons. The van der Waals surface area contributed by atoms with Crippen molar-refractivity contribution in [2.45, 2.75) is 25.8 Å². The number of carbonyl (C=O) groups excluding carboxylic acids is 1. The van der Waals surface area contributed by atoms with Crippen LogP contribution in [0, 0.1) is 19.3 Å². The van der Waals surface area contributed by atoms with Gasteiger partial charge in [0.2, 0.25) is 0 Å². The van der Waals surface area contributed by atoms with Crippen molar-refractivity contribution in [2.75, 3.05) is 30.8 Å². The summed E-state index contributed by atoms with van der Waals surface area (Å²) in [5, 5.41) is 20.9. The molecule has 0 unspecified atom stereocenters. The average Bonchev–Trinajstić information content (AvgIpc) is 3.34. The van der Waals surface area contributed by atoms with Gasteiger partial charge in [-0.05, 0) is 39.1 Å². The lowest BCUT2D eigenvalue weighted by Crippen LogP contribution is -2.42. The highest BCUT2D eigenvalue weighted by molar-refractivity contribution is 5.92. The Hall–Kier alpha value is -3.79. The van der Waals surface area contributed by atoms with E-state index in [0.29, 0.717) is 23.6 Å². The van der Waals surface area contributed by atoms with Gasteiger partial charge in [-0.2, -0.15) is 0 Å². The molecule has 1 fully saturated rings. The lowest BCUT2D eigenvalue weighted by molar-refractivity contribution is 0.247. The van der Waals surface area contributed by atoms with Gasteiger partial charge in [0.15, 0.2) is 0 Å². The van der Waals surface area contributed by atoms with Gasteiger partial charge in [0.25, 0.3) is 0 Å². The predicted molar refractivity (Wildman–Crippen MR) is 122 cm³/mol. The summed E-state index contributed by atoms with van der Waals surface area (Å²) in [6.07, 6.45) is 4.52. The fourth-order valence-corrected chi connectivity index (χ4v) is 3.87. The lowest BCUT2D eigenvalue weighted by Gasteiger charge is -2.18. The molecule has 0 saturated carbocycles. The molecule has 0 aliphatic carbocycles. The summed E-state index contributed by atoms with van der Waals surface area (Å²) in [6, 6.07) is 6.84. The predicted octanol–water partition coefficient (Wildman–Crippen LogP) is 3.04. The zero-order valence-electron chi connectivity index (χ0n) is 18.2. The maximum Gasteiger partial charge on any atom is 0.320 e. The summed E-state index contributed by atoms with van der Waals surface area (Å²) in [5.74, 6) is 1.15. The second-order valence-corrected chi connectivity index (χ2v) is 8.01. The SMILES string of the molecule is Cc1cc(Nc2cnc(NC(=O)N[C@H]3CN(C)C[C@@H]3c3cc(C)on3)cc2C=N)ccn1. The molecule has 0 radical (unpaired) electrons. The molecule has 0 aromatic carbocycles. The molecule has 0 bridgehead atoms. The number of hydrogen-bond donors (Lipinski definition) is 4. The van der Waals surface area contributed by atoms with Crippen molar-refractivity contribution in [3.05, 3.63) is 59.4 Å². The molecular formula is C22H26N8O2. The Kier molecular flexibility index (Phi) is 6.13. The molecule has 10 nitrogen and oxygen atoms in total. The first-order valence-corrected chi connectivity index (χ1v) is 10.3. The topological polar surface area (TPSA) is 132 Å². The molecule has 1 aliphatic heterocycles. The summed E-state index contributed by atoms with van der Waals surface area (Å²) >= 11 is 0. The van der Waals surface area contributed by atoms with Gasteiger partial charge < -0.3 is 25.5 Å². The van der Waals surface area contributed by atoms with Crippen LogP contribution in [0.25, 0.3) is 0 Å². The fraction of sp³-hybridized carbons (Fsp3) is 0.318. The first-order valence-electron chi connectivity index (χ1n) is 10.3. The molecule has 4 N–H and O–H groups in total. The number of nitrogens with zero attached hydrogens (tertiary/aromatic N) is 4. The maximum absolute atomic E-state index is 12.7. The zero-order chi connectivity index (χ0) is 22.7. The van der Waals surface area contributed by atoms with E-state index in [4.69, 9.17) is 9.93 Å². The van der Waals surface area contributed by atoms with E-state index in [1.165, 1.54) is 6.21 Å². The van der Waals surface area contributed by atoms with Crippen molar-refractivity contribution in [1.82, 2.24) is 25.3 Å². The molecular weight excluding hydrogens is 408 g/mol. The molecule has 2 atom stereocenters. The number of amides is 2. The third kappa shape index (κ3) is 4.92. The number of hydrogen-bond acceptors (Lipinski definition) is 8. The van der Waals surface area contributed by atoms with Gasteiger partial charge in [-0.1, -0.05) is 5.16 Å². The fourth-order valence-electron chi connectivity index (χ4n) is 3.87. The second kappa shape index (κ2) is 9.15. The zero-order valence-corrected chi connectivity index (χ0v) is 18.2. The van der Waals surface area contributed by atoms with Crippen LogP contribution in [0.4, 0.5) is 22.0 Å². The summed E-state index contributed by atoms with van der Waals surface area (Å²) in [4.78, 5) is 23.3. The molecule has 32 heavy (non-hydrogen) atoms. The highest BCUT2D eigenvalue weighted by Crippen LogP contribution is 2.27. The minimum atomic E-state index is -0.357. The molecule has 4 rings (SSSR count). The monoisotopic (exact) mass is 434 g/mol. The molecule has 3 aromatic heterocycles. The van der Waals surface area contributed by atoms with E-state index < -0.39 is 0 Å². The van der Waals surface area contributed by atoms with Gasteiger partial charge in [-0.3, -0.25) is 10.3 Å². The second-order valence-electron chi connectivity index (χ2n) is 8.01. The smallest absolute Gasteiger partial charge is 0.320 e. The highest BCUT2D eigenvalue weighted by Gasteiger charge is 2.35. The minimum Gasteiger partial charge on any atom is -0.361 e. The number of carbonyl (C=O) groups is 1. The van der Waals surface area contributed by atoms with E-state index in [1.54, 1.807) is 18.5 Å². The largest absolute Gasteiger partial charge is 0.361 e. The molecule has 3 aromatic rings. The van der Waals surface area contributed by atoms with Crippen molar-refractivity contribution in [3.63, 3.8) is 0 Å². The number of aryl methyl sites for hydroxylation is 2. The Balaban J connectivity index is 1.43. The van der Waals surface area contributed by atoms with Crippen LogP contribution in [0.2, 0.25) is 0 Å². The molecule has 2 amide bonds. The number of urea groups is 1. The molecule has 0 spiro atoms. The van der Waals surface area contributed by atoms with E-state index in [0.717, 1.165) is 29.4 Å². The quantitative estimate of drug-likeness (QED) is 0.438. The van der Waals surface area contributed by atoms with E-state index in [9.17, 15) is 4.79 Å². The molecule has 1 saturated heterocycles. The first-order chi connectivity index (χ1) is 15.4. The van der Waals surface area contributed by atoms with E-state index in [-0.39, 0.29) is 18.0 Å². The van der Waals surface area contributed by atoms with Gasteiger partial charge in [0, 0.05) is 54.4 Å². The first kappa shape index (κ1) is 21.4. The lowest BCUT2D eigenvalue weighted by atomic mass is 10.00. The van der Waals surface area contributed by atoms with E-state index >= 15 is 0 Å². The number of anilines is 3. The number of nitrogens with one attached hydrogen (secondary N) is 4. The third-order valence-corrected chi connectivity index (χ3v) is 5.35. The molecule has 10 heteroatoms. The Morgan fingerprint density at radius 1 is 1.25 bits per heavy atom. The average molecular weight is 435 g/mol. The van der Waals surface area contributed by atoms with Crippen LogP contribution in [-0.4, -0.2) is 58.4 Å². The summed E-state index contributed by atoms with van der Waals surface area (Å²) in [7, 11) is 2.01. The highest BCUT2D eigenvalue weighted by atomic mass is 16.5. The number of aromatic nitrogens is 3. The van der Waals surface area contributed by atoms with Crippen molar-refractivity contribution >= 4 is 29.4 Å². The van der Waals surface area contributed by atoms with Crippen molar-refractivity contribution in [1.29, 1.82) is 5.41 Å². The van der Waals surface area contributed by atoms with Crippen molar-refractivity contribution < 1.29 is 9.32 Å². The molecule has 4 heterocycles. The van der Waals surface area contributed by atoms with Crippen LogP contribution < -0.4 is 16.0 Å². The van der Waals surface area contributed by atoms with E-state index in [1.807, 2.05) is 39.1 Å². The summed E-state index contributed by atoms with van der Waals surface area (Å²) < 4.78 is 5.21. The van der Waals surface area contributed by atoms with Crippen LogP contribution in [0.5, 0.6) is 0 Å². The van der Waals surface area contributed by atoms with Crippen LogP contribution >= 0.6 is 0 Å².